The number of hydrogen-bond donors (Lipinski definition) is 1. The van der Waals surface area contributed by atoms with Crippen LogP contribution in [0.1, 0.15) is 39.0 Å². The Morgan fingerprint density at radius 1 is 1.65 bits per heavy atom. The third-order valence-corrected chi connectivity index (χ3v) is 5.18. The summed E-state index contributed by atoms with van der Waals surface area (Å²) in [5, 5.41) is 7.68. The lowest BCUT2D eigenvalue weighted by Crippen LogP contribution is -2.40. The third-order valence-electron chi connectivity index (χ3n) is 3.94. The molecule has 2 aliphatic rings. The first-order valence-electron chi connectivity index (χ1n) is 5.92. The van der Waals surface area contributed by atoms with Crippen LogP contribution in [0.15, 0.2) is 11.6 Å². The quantitative estimate of drug-likeness (QED) is 0.606. The highest BCUT2D eigenvalue weighted by Gasteiger charge is 2.45. The van der Waals surface area contributed by atoms with Crippen molar-refractivity contribution in [2.75, 3.05) is 0 Å². The van der Waals surface area contributed by atoms with E-state index in [2.05, 4.69) is 0 Å². The molecule has 2 bridgehead atoms. The van der Waals surface area contributed by atoms with Crippen LogP contribution in [0.25, 0.3) is 0 Å². The normalized spacial score (nSPS) is 34.6. The first kappa shape index (κ1) is 12.6. The van der Waals surface area contributed by atoms with Gasteiger partial charge in [0.2, 0.25) is 0 Å². The maximum Gasteiger partial charge on any atom is 0.282 e. The van der Waals surface area contributed by atoms with Crippen molar-refractivity contribution >= 4 is 10.1 Å². The summed E-state index contributed by atoms with van der Waals surface area (Å²) >= 11 is 0. The minimum atomic E-state index is -4.31. The molecule has 0 saturated heterocycles. The van der Waals surface area contributed by atoms with Gasteiger partial charge in [-0.15, -0.1) is 0 Å². The van der Waals surface area contributed by atoms with Crippen molar-refractivity contribution in [2.45, 2.75) is 44.3 Å². The lowest BCUT2D eigenvalue weighted by molar-refractivity contribution is 0.245. The second-order valence-corrected chi connectivity index (χ2v) is 7.00. The molecule has 0 radical (unpaired) electrons. The first-order chi connectivity index (χ1) is 7.85. The van der Waals surface area contributed by atoms with Crippen molar-refractivity contribution in [1.82, 2.24) is 0 Å². The molecular weight excluding hydrogens is 238 g/mol. The van der Waals surface area contributed by atoms with E-state index in [1.165, 1.54) is 5.57 Å². The van der Waals surface area contributed by atoms with Crippen LogP contribution in [0, 0.1) is 22.7 Å². The second kappa shape index (κ2) is 4.11. The van der Waals surface area contributed by atoms with E-state index in [4.69, 9.17) is 5.26 Å². The van der Waals surface area contributed by atoms with Gasteiger partial charge in [0.25, 0.3) is 10.1 Å². The second-order valence-electron chi connectivity index (χ2n) is 5.50. The van der Waals surface area contributed by atoms with Gasteiger partial charge in [-0.25, -0.2) is 0 Å². The fourth-order valence-electron chi connectivity index (χ4n) is 3.38. The summed E-state index contributed by atoms with van der Waals surface area (Å²) < 4.78 is 31.8. The molecule has 4 nitrogen and oxygen atoms in total. The molecule has 2 rings (SSSR count). The molecule has 0 aromatic carbocycles. The number of rotatable bonds is 2. The van der Waals surface area contributed by atoms with E-state index in [0.717, 1.165) is 25.7 Å². The van der Waals surface area contributed by atoms with Gasteiger partial charge in [0.05, 0.1) is 6.07 Å². The Labute approximate surface area is 102 Å². The fraction of sp³-hybridized carbons (Fsp3) is 0.750. The van der Waals surface area contributed by atoms with E-state index in [1.807, 2.05) is 6.08 Å². The largest absolute Gasteiger partial charge is 0.285 e. The number of nitriles is 1. The van der Waals surface area contributed by atoms with Crippen molar-refractivity contribution in [3.05, 3.63) is 11.6 Å². The number of allylic oxidation sites excluding steroid dienone is 2. The van der Waals surface area contributed by atoms with Gasteiger partial charge in [0.1, 0.15) is 0 Å². The average Bonchev–Trinajstić information content (AvgIpc) is 2.14. The maximum atomic E-state index is 11.3. The molecule has 0 aliphatic heterocycles. The molecule has 0 amide bonds. The van der Waals surface area contributed by atoms with Crippen molar-refractivity contribution in [3.63, 3.8) is 0 Å². The first-order valence-corrected chi connectivity index (χ1v) is 7.42. The van der Waals surface area contributed by atoms with Crippen molar-refractivity contribution < 1.29 is 13.0 Å². The Balaban J connectivity index is 2.40. The molecule has 0 aromatic rings. The van der Waals surface area contributed by atoms with E-state index >= 15 is 0 Å². The van der Waals surface area contributed by atoms with Gasteiger partial charge in [-0.1, -0.05) is 18.6 Å². The summed E-state index contributed by atoms with van der Waals surface area (Å²) in [5.41, 5.74) is 0.514. The zero-order valence-corrected chi connectivity index (χ0v) is 10.7. The number of hydrogen-bond acceptors (Lipinski definition) is 3. The Hall–Kier alpha value is -0.860. The molecule has 2 aliphatic carbocycles. The van der Waals surface area contributed by atoms with Crippen LogP contribution >= 0.6 is 0 Å². The van der Waals surface area contributed by atoms with Crippen LogP contribution in [-0.2, 0) is 10.1 Å². The summed E-state index contributed by atoms with van der Waals surface area (Å²) in [5.74, 6) is 0.464. The highest BCUT2D eigenvalue weighted by molar-refractivity contribution is 7.86. The number of nitrogens with zero attached hydrogens (tertiary/aromatic N) is 1. The van der Waals surface area contributed by atoms with Crippen LogP contribution in [-0.4, -0.2) is 18.2 Å². The van der Waals surface area contributed by atoms with Gasteiger partial charge in [-0.05, 0) is 38.0 Å². The highest BCUT2D eigenvalue weighted by Crippen LogP contribution is 2.47. The molecule has 3 unspecified atom stereocenters. The molecular formula is C12H17NO3S. The monoisotopic (exact) mass is 255 g/mol. The van der Waals surface area contributed by atoms with Gasteiger partial charge < -0.3 is 0 Å². The zero-order chi connectivity index (χ0) is 12.7. The lowest BCUT2D eigenvalue weighted by atomic mass is 9.66. The Bertz CT molecular complexity index is 488. The summed E-state index contributed by atoms with van der Waals surface area (Å²) in [6.45, 7) is 1.77. The predicted octanol–water partition coefficient (Wildman–Crippen LogP) is 2.29. The van der Waals surface area contributed by atoms with Gasteiger partial charge in [0.15, 0.2) is 5.25 Å². The van der Waals surface area contributed by atoms with Gasteiger partial charge >= 0.3 is 0 Å². The van der Waals surface area contributed by atoms with Crippen molar-refractivity contribution in [2.24, 2.45) is 11.3 Å². The van der Waals surface area contributed by atoms with Crippen LogP contribution in [0.4, 0.5) is 0 Å². The summed E-state index contributed by atoms with van der Waals surface area (Å²) in [7, 11) is -4.31. The Kier molecular flexibility index (Phi) is 3.04. The van der Waals surface area contributed by atoms with E-state index in [0.29, 0.717) is 12.3 Å². The SMILES string of the molecule is CC1(C(C#N)S(=O)(=O)O)C=C2CCCC(C2)C1. The van der Waals surface area contributed by atoms with E-state index in [9.17, 15) is 13.0 Å². The van der Waals surface area contributed by atoms with Crippen molar-refractivity contribution in [3.8, 4) is 6.07 Å². The van der Waals surface area contributed by atoms with E-state index in [-0.39, 0.29) is 0 Å². The molecule has 94 valence electrons. The van der Waals surface area contributed by atoms with Crippen LogP contribution in [0.5, 0.6) is 0 Å². The van der Waals surface area contributed by atoms with E-state index in [1.54, 1.807) is 13.0 Å². The molecule has 0 aromatic heterocycles. The minimum absolute atomic E-state index is 0.464. The van der Waals surface area contributed by atoms with Crippen LogP contribution < -0.4 is 0 Å². The Morgan fingerprint density at radius 3 is 2.88 bits per heavy atom. The van der Waals surface area contributed by atoms with Crippen LogP contribution in [0.2, 0.25) is 0 Å². The average molecular weight is 255 g/mol. The molecule has 0 heterocycles. The summed E-state index contributed by atoms with van der Waals surface area (Å²) in [6, 6.07) is 1.76. The van der Waals surface area contributed by atoms with E-state index < -0.39 is 20.8 Å². The lowest BCUT2D eigenvalue weighted by Gasteiger charge is -2.40. The van der Waals surface area contributed by atoms with Gasteiger partial charge in [-0.3, -0.25) is 4.55 Å². The Morgan fingerprint density at radius 2 is 2.35 bits per heavy atom. The zero-order valence-electron chi connectivity index (χ0n) is 9.89. The molecule has 17 heavy (non-hydrogen) atoms. The molecule has 1 saturated carbocycles. The summed E-state index contributed by atoms with van der Waals surface area (Å²) in [4.78, 5) is 0. The molecule has 1 fully saturated rings. The smallest absolute Gasteiger partial charge is 0.282 e. The van der Waals surface area contributed by atoms with Crippen molar-refractivity contribution in [1.29, 1.82) is 5.26 Å². The number of fused-ring (bicyclic) bond motifs is 2. The third kappa shape index (κ3) is 2.38. The fourth-order valence-corrected chi connectivity index (χ4v) is 4.36. The molecule has 3 atom stereocenters. The van der Waals surface area contributed by atoms with Crippen LogP contribution in [0.3, 0.4) is 0 Å². The molecule has 1 N–H and O–H groups in total. The minimum Gasteiger partial charge on any atom is -0.285 e. The highest BCUT2D eigenvalue weighted by atomic mass is 32.2. The summed E-state index contributed by atoms with van der Waals surface area (Å²) in [6.07, 6.45) is 6.86. The van der Waals surface area contributed by atoms with Gasteiger partial charge in [0, 0.05) is 5.41 Å². The van der Waals surface area contributed by atoms with Gasteiger partial charge in [-0.2, -0.15) is 13.7 Å². The molecule has 5 heteroatoms. The maximum absolute atomic E-state index is 11.3. The molecule has 0 spiro atoms. The standard InChI is InChI=1S/C12H17NO3S/c1-12(11(8-13)17(14,15)16)6-9-3-2-4-10(5-9)7-12/h6,10-11H,2-5,7H2,1H3,(H,14,15,16). The predicted molar refractivity (Wildman–Crippen MR) is 63.7 cm³/mol. The topological polar surface area (TPSA) is 78.2 Å².